The Hall–Kier alpha value is -3.72. The maximum absolute atomic E-state index is 13.8. The first-order valence-corrected chi connectivity index (χ1v) is 17.5. The Morgan fingerprint density at radius 2 is 1.77 bits per heavy atom. The van der Waals surface area contributed by atoms with Gasteiger partial charge in [-0.3, -0.25) is 4.79 Å². The molecule has 10 nitrogen and oxygen atoms in total. The molecule has 2 aromatic heterocycles. The van der Waals surface area contributed by atoms with E-state index >= 15 is 0 Å². The number of ether oxygens (including phenoxy) is 3. The Morgan fingerprint density at radius 3 is 2.38 bits per heavy atom. The van der Waals surface area contributed by atoms with Gasteiger partial charge in [0.2, 0.25) is 20.9 Å². The van der Waals surface area contributed by atoms with Gasteiger partial charge in [0, 0.05) is 16.9 Å². The highest BCUT2D eigenvalue weighted by atomic mass is 32.2. The quantitative estimate of drug-likeness (QED) is 0.170. The molecule has 0 saturated heterocycles. The van der Waals surface area contributed by atoms with E-state index in [0.29, 0.717) is 34.7 Å². The van der Waals surface area contributed by atoms with Crippen LogP contribution in [0.25, 0.3) is 11.3 Å². The van der Waals surface area contributed by atoms with Gasteiger partial charge in [-0.05, 0) is 73.8 Å². The highest BCUT2D eigenvalue weighted by molar-refractivity contribution is 7.91. The minimum atomic E-state index is -4.96. The largest absolute Gasteiger partial charge is 0.493 e. The van der Waals surface area contributed by atoms with Crippen molar-refractivity contribution < 1.29 is 45.4 Å². The molecular formula is C32H38F3N3O7S2. The second-order valence-electron chi connectivity index (χ2n) is 12.2. The van der Waals surface area contributed by atoms with Gasteiger partial charge in [0.25, 0.3) is 0 Å². The zero-order chi connectivity index (χ0) is 34.7. The van der Waals surface area contributed by atoms with Crippen molar-refractivity contribution in [3.8, 4) is 22.8 Å². The van der Waals surface area contributed by atoms with Gasteiger partial charge in [0.1, 0.15) is 10.7 Å². The molecule has 2 heterocycles. The Bertz CT molecular complexity index is 1750. The topological polar surface area (TPSA) is 134 Å². The molecule has 256 valence electrons. The third-order valence-corrected chi connectivity index (χ3v) is 10.7. The Kier molecular flexibility index (Phi) is 10.9. The molecule has 0 fully saturated rings. The van der Waals surface area contributed by atoms with Gasteiger partial charge in [-0.25, -0.2) is 23.2 Å². The van der Waals surface area contributed by atoms with E-state index in [1.165, 1.54) is 43.8 Å². The molecule has 1 atom stereocenters. The molecule has 0 spiro atoms. The molecule has 0 saturated carbocycles. The van der Waals surface area contributed by atoms with Crippen molar-refractivity contribution in [2.75, 3.05) is 31.9 Å². The van der Waals surface area contributed by atoms with E-state index < -0.39 is 44.5 Å². The summed E-state index contributed by atoms with van der Waals surface area (Å²) in [5.41, 5.74) is -0.330. The normalized spacial score (nSPS) is 15.1. The van der Waals surface area contributed by atoms with E-state index in [4.69, 9.17) is 14.2 Å². The van der Waals surface area contributed by atoms with E-state index in [2.05, 4.69) is 36.1 Å². The summed E-state index contributed by atoms with van der Waals surface area (Å²) in [7, 11) is -1.71. The molecule has 0 radical (unpaired) electrons. The number of carbonyl (C=O) groups excluding carboxylic acids is 2. The van der Waals surface area contributed by atoms with Crippen molar-refractivity contribution >= 4 is 38.1 Å². The van der Waals surface area contributed by atoms with Gasteiger partial charge in [0.05, 0.1) is 37.8 Å². The molecule has 1 N–H and O–H groups in total. The van der Waals surface area contributed by atoms with Gasteiger partial charge in [-0.15, -0.1) is 11.3 Å². The van der Waals surface area contributed by atoms with Crippen molar-refractivity contribution in [3.05, 3.63) is 46.0 Å². The first kappa shape index (κ1) is 36.1. The standard InChI is InChI=1S/C32H38F3N3O7S2/c1-7-45-29(40)27-20-12-11-19(31(2,3)4)16-24(20)46-28(27)38-26(39)9-8-14-47(41,42)30-36-21(17-25(37-30)32(33,34)35)18-10-13-22(43-5)23(15-18)44-6/h10,13,15,17,19H,7-9,11-12,14,16H2,1-6H3,(H,38,39)/t19-/m0/s1. The van der Waals surface area contributed by atoms with Crippen LogP contribution in [0.3, 0.4) is 0 Å². The number of halogens is 3. The number of sulfone groups is 1. The first-order chi connectivity index (χ1) is 22.0. The van der Waals surface area contributed by atoms with Crippen molar-refractivity contribution in [1.82, 2.24) is 9.97 Å². The average Bonchev–Trinajstić information content (AvgIpc) is 3.36. The first-order valence-electron chi connectivity index (χ1n) is 15.0. The summed E-state index contributed by atoms with van der Waals surface area (Å²) in [4.78, 5) is 34.2. The number of nitrogens with zero attached hydrogens (tertiary/aromatic N) is 2. The molecule has 0 bridgehead atoms. The Morgan fingerprint density at radius 1 is 1.06 bits per heavy atom. The molecule has 47 heavy (non-hydrogen) atoms. The van der Waals surface area contributed by atoms with Crippen LogP contribution in [0.15, 0.2) is 29.4 Å². The molecule has 1 aliphatic carbocycles. The number of benzene rings is 1. The third-order valence-electron chi connectivity index (χ3n) is 7.99. The third kappa shape index (κ3) is 8.42. The van der Waals surface area contributed by atoms with Crippen LogP contribution in [-0.4, -0.2) is 56.8 Å². The van der Waals surface area contributed by atoms with Crippen LogP contribution in [0.2, 0.25) is 0 Å². The number of aromatic nitrogens is 2. The van der Waals surface area contributed by atoms with Crippen LogP contribution in [-0.2, 0) is 38.4 Å². The monoisotopic (exact) mass is 697 g/mol. The predicted octanol–water partition coefficient (Wildman–Crippen LogP) is 6.76. The molecule has 15 heteroatoms. The van der Waals surface area contributed by atoms with Crippen molar-refractivity contribution in [3.63, 3.8) is 0 Å². The fraction of sp³-hybridized carbons (Fsp3) is 0.500. The number of fused-ring (bicyclic) bond motifs is 1. The number of amides is 1. The SMILES string of the molecule is CCOC(=O)c1c(NC(=O)CCCS(=O)(=O)c2nc(-c3ccc(OC)c(OC)c3)cc(C(F)(F)F)n2)sc2c1CC[C@H](C(C)(C)C)C2. The number of carbonyl (C=O) groups is 2. The molecule has 1 amide bonds. The zero-order valence-electron chi connectivity index (χ0n) is 27.0. The van der Waals surface area contributed by atoms with E-state index in [0.717, 1.165) is 23.3 Å². The van der Waals surface area contributed by atoms with Gasteiger partial charge in [-0.1, -0.05) is 20.8 Å². The van der Waals surface area contributed by atoms with E-state index in [1.54, 1.807) is 6.92 Å². The number of alkyl halides is 3. The lowest BCUT2D eigenvalue weighted by molar-refractivity contribution is -0.141. The summed E-state index contributed by atoms with van der Waals surface area (Å²) in [6.45, 7) is 8.35. The minimum Gasteiger partial charge on any atom is -0.493 e. The highest BCUT2D eigenvalue weighted by Gasteiger charge is 2.36. The molecular weight excluding hydrogens is 659 g/mol. The Balaban J connectivity index is 1.53. The fourth-order valence-electron chi connectivity index (χ4n) is 5.39. The van der Waals surface area contributed by atoms with Gasteiger partial charge >= 0.3 is 12.1 Å². The maximum atomic E-state index is 13.8. The number of anilines is 1. The van der Waals surface area contributed by atoms with E-state index in [-0.39, 0.29) is 41.9 Å². The lowest BCUT2D eigenvalue weighted by Crippen LogP contribution is -2.26. The van der Waals surface area contributed by atoms with Crippen molar-refractivity contribution in [1.29, 1.82) is 0 Å². The number of thiophene rings is 1. The fourth-order valence-corrected chi connectivity index (χ4v) is 7.90. The summed E-state index contributed by atoms with van der Waals surface area (Å²) >= 11 is 1.31. The number of methoxy groups -OCH3 is 2. The summed E-state index contributed by atoms with van der Waals surface area (Å²) in [6, 6.07) is 4.90. The lowest BCUT2D eigenvalue weighted by Gasteiger charge is -2.33. The molecule has 1 aromatic carbocycles. The van der Waals surface area contributed by atoms with Gasteiger partial charge in [-0.2, -0.15) is 13.2 Å². The zero-order valence-corrected chi connectivity index (χ0v) is 28.7. The highest BCUT2D eigenvalue weighted by Crippen LogP contribution is 2.44. The number of hydrogen-bond acceptors (Lipinski definition) is 10. The molecule has 0 unspecified atom stereocenters. The lowest BCUT2D eigenvalue weighted by atomic mass is 9.72. The molecule has 1 aliphatic rings. The van der Waals surface area contributed by atoms with Gasteiger partial charge < -0.3 is 19.5 Å². The van der Waals surface area contributed by atoms with Crippen LogP contribution in [0.1, 0.15) is 73.4 Å². The summed E-state index contributed by atoms with van der Waals surface area (Å²) < 4.78 is 83.3. The van der Waals surface area contributed by atoms with E-state index in [9.17, 15) is 31.2 Å². The Labute approximate surface area is 276 Å². The minimum absolute atomic E-state index is 0.0618. The number of rotatable bonds is 11. The van der Waals surface area contributed by atoms with Crippen LogP contribution in [0, 0.1) is 11.3 Å². The predicted molar refractivity (Wildman–Crippen MR) is 171 cm³/mol. The molecule has 3 aromatic rings. The summed E-state index contributed by atoms with van der Waals surface area (Å²) in [5, 5.41) is 2.08. The van der Waals surface area contributed by atoms with E-state index in [1.807, 2.05) is 0 Å². The van der Waals surface area contributed by atoms with Crippen LogP contribution >= 0.6 is 11.3 Å². The average molecular weight is 698 g/mol. The smallest absolute Gasteiger partial charge is 0.433 e. The van der Waals surface area contributed by atoms with Crippen LogP contribution in [0.5, 0.6) is 11.5 Å². The van der Waals surface area contributed by atoms with Gasteiger partial charge in [0.15, 0.2) is 11.5 Å². The number of hydrogen-bond donors (Lipinski definition) is 1. The number of esters is 1. The van der Waals surface area contributed by atoms with Crippen LogP contribution in [0.4, 0.5) is 18.2 Å². The summed E-state index contributed by atoms with van der Waals surface area (Å²) in [5.74, 6) is -0.857. The van der Waals surface area contributed by atoms with Crippen molar-refractivity contribution in [2.45, 2.75) is 71.1 Å². The number of nitrogens with one attached hydrogen (secondary N) is 1. The second-order valence-corrected chi connectivity index (χ2v) is 15.3. The van der Waals surface area contributed by atoms with Crippen LogP contribution < -0.4 is 14.8 Å². The molecule has 4 rings (SSSR count). The second kappa shape index (κ2) is 14.2. The van der Waals surface area contributed by atoms with Crippen molar-refractivity contribution in [2.24, 2.45) is 11.3 Å². The molecule has 0 aliphatic heterocycles. The maximum Gasteiger partial charge on any atom is 0.433 e. The summed E-state index contributed by atoms with van der Waals surface area (Å²) in [6.07, 6.45) is -3.16.